The number of nitrogens with one attached hydrogen (secondary N) is 4. The van der Waals surface area contributed by atoms with Crippen molar-refractivity contribution in [3.8, 4) is 0 Å². The number of anilines is 3. The number of alkyl halides is 1. The van der Waals surface area contributed by atoms with Gasteiger partial charge in [0.2, 0.25) is 0 Å². The lowest BCUT2D eigenvalue weighted by Crippen LogP contribution is -2.43. The molecule has 2 heterocycles. The van der Waals surface area contributed by atoms with Gasteiger partial charge in [-0.25, -0.2) is 13.2 Å². The fraction of sp³-hybridized carbons (Fsp3) is 0.259. The molecule has 37 heavy (non-hydrogen) atoms. The molecular formula is C27H27F3N6O. The monoisotopic (exact) mass is 508 g/mol. The first kappa shape index (κ1) is 24.6. The maximum Gasteiger partial charge on any atom is 0.258 e. The highest BCUT2D eigenvalue weighted by atomic mass is 19.1. The standard InChI is InChI=1S/C27H27F3N6O/c28-5-6-32-25-16-21(36-9-7-31-8-10-36)2-3-22(25)27(37)33-26-23-14-17(1-4-24(23)34-35-26)11-18-12-19(29)15-20(30)13-18/h1-4,12-16,31-32H,5-11H2,(H2,33,34,35,37). The molecule has 4 N–H and O–H groups in total. The van der Waals surface area contributed by atoms with Crippen LogP contribution in [0.2, 0.25) is 0 Å². The van der Waals surface area contributed by atoms with Crippen LogP contribution in [-0.2, 0) is 6.42 Å². The van der Waals surface area contributed by atoms with E-state index < -0.39 is 18.3 Å². The first-order valence-electron chi connectivity index (χ1n) is 12.1. The molecule has 4 aromatic rings. The lowest BCUT2D eigenvalue weighted by molar-refractivity contribution is 0.102. The molecule has 0 spiro atoms. The minimum Gasteiger partial charge on any atom is -0.382 e. The summed E-state index contributed by atoms with van der Waals surface area (Å²) >= 11 is 0. The van der Waals surface area contributed by atoms with Gasteiger partial charge in [-0.3, -0.25) is 9.89 Å². The summed E-state index contributed by atoms with van der Waals surface area (Å²) in [5.74, 6) is -1.32. The lowest BCUT2D eigenvalue weighted by atomic mass is 10.0. The van der Waals surface area contributed by atoms with E-state index >= 15 is 0 Å². The molecule has 0 unspecified atom stereocenters. The van der Waals surface area contributed by atoms with E-state index in [-0.39, 0.29) is 12.5 Å². The van der Waals surface area contributed by atoms with E-state index in [9.17, 15) is 18.0 Å². The quantitative estimate of drug-likeness (QED) is 0.282. The molecule has 3 aromatic carbocycles. The second-order valence-corrected chi connectivity index (χ2v) is 8.94. The van der Waals surface area contributed by atoms with Gasteiger partial charge in [0.15, 0.2) is 5.82 Å². The largest absolute Gasteiger partial charge is 0.382 e. The molecule has 1 fully saturated rings. The summed E-state index contributed by atoms with van der Waals surface area (Å²) in [4.78, 5) is 15.5. The number of nitrogens with zero attached hydrogens (tertiary/aromatic N) is 2. The van der Waals surface area contributed by atoms with Gasteiger partial charge in [0.25, 0.3) is 5.91 Å². The number of piperazine rings is 1. The fourth-order valence-corrected chi connectivity index (χ4v) is 4.57. The van der Waals surface area contributed by atoms with Gasteiger partial charge in [-0.1, -0.05) is 6.07 Å². The summed E-state index contributed by atoms with van der Waals surface area (Å²) < 4.78 is 40.2. The van der Waals surface area contributed by atoms with Gasteiger partial charge < -0.3 is 20.9 Å². The van der Waals surface area contributed by atoms with Crippen molar-refractivity contribution in [2.24, 2.45) is 0 Å². The number of amides is 1. The first-order chi connectivity index (χ1) is 18.0. The van der Waals surface area contributed by atoms with Gasteiger partial charge in [0, 0.05) is 55.6 Å². The zero-order chi connectivity index (χ0) is 25.8. The topological polar surface area (TPSA) is 85.1 Å². The summed E-state index contributed by atoms with van der Waals surface area (Å²) in [5, 5.41) is 17.0. The second-order valence-electron chi connectivity index (χ2n) is 8.94. The van der Waals surface area contributed by atoms with Crippen LogP contribution in [0.4, 0.5) is 30.4 Å². The van der Waals surface area contributed by atoms with Gasteiger partial charge in [-0.05, 0) is 60.0 Å². The van der Waals surface area contributed by atoms with E-state index in [4.69, 9.17) is 0 Å². The minimum atomic E-state index is -0.632. The maximum absolute atomic E-state index is 13.6. The van der Waals surface area contributed by atoms with Crippen LogP contribution in [0.5, 0.6) is 0 Å². The van der Waals surface area contributed by atoms with E-state index in [1.807, 2.05) is 24.3 Å². The number of carbonyl (C=O) groups is 1. The third-order valence-corrected chi connectivity index (χ3v) is 6.33. The predicted molar refractivity (Wildman–Crippen MR) is 139 cm³/mol. The molecular weight excluding hydrogens is 481 g/mol. The highest BCUT2D eigenvalue weighted by Gasteiger charge is 2.18. The molecule has 192 valence electrons. The number of aromatic amines is 1. The Morgan fingerprint density at radius 3 is 2.51 bits per heavy atom. The Kier molecular flexibility index (Phi) is 7.27. The number of aromatic nitrogens is 2. The zero-order valence-corrected chi connectivity index (χ0v) is 20.1. The highest BCUT2D eigenvalue weighted by molar-refractivity contribution is 6.11. The van der Waals surface area contributed by atoms with Crippen molar-refractivity contribution in [3.63, 3.8) is 0 Å². The molecule has 7 nitrogen and oxygen atoms in total. The fourth-order valence-electron chi connectivity index (χ4n) is 4.57. The van der Waals surface area contributed by atoms with Crippen molar-refractivity contribution in [2.75, 3.05) is 54.9 Å². The average molecular weight is 509 g/mol. The summed E-state index contributed by atoms with van der Waals surface area (Å²) in [6.45, 7) is 2.95. The van der Waals surface area contributed by atoms with E-state index in [0.717, 1.165) is 43.5 Å². The number of H-pyrrole nitrogens is 1. The van der Waals surface area contributed by atoms with Crippen molar-refractivity contribution >= 4 is 34.0 Å². The molecule has 0 radical (unpaired) electrons. The van der Waals surface area contributed by atoms with Crippen molar-refractivity contribution < 1.29 is 18.0 Å². The maximum atomic E-state index is 13.6. The number of hydrogen-bond acceptors (Lipinski definition) is 5. The van der Waals surface area contributed by atoms with E-state index in [1.54, 1.807) is 12.1 Å². The number of hydrogen-bond donors (Lipinski definition) is 4. The number of halogens is 3. The molecule has 1 aliphatic heterocycles. The van der Waals surface area contributed by atoms with Gasteiger partial charge >= 0.3 is 0 Å². The molecule has 0 bridgehead atoms. The Bertz CT molecular complexity index is 1400. The molecule has 1 amide bonds. The molecule has 1 saturated heterocycles. The van der Waals surface area contributed by atoms with E-state index in [2.05, 4.69) is 31.0 Å². The number of benzene rings is 3. The Morgan fingerprint density at radius 1 is 0.973 bits per heavy atom. The van der Waals surface area contributed by atoms with Crippen LogP contribution in [-0.4, -0.2) is 55.5 Å². The summed E-state index contributed by atoms with van der Waals surface area (Å²) in [6.07, 6.45) is 0.313. The Morgan fingerprint density at radius 2 is 1.76 bits per heavy atom. The lowest BCUT2D eigenvalue weighted by Gasteiger charge is -2.30. The molecule has 1 aromatic heterocycles. The van der Waals surface area contributed by atoms with Crippen LogP contribution in [0.25, 0.3) is 10.9 Å². The third kappa shape index (κ3) is 5.69. The number of fused-ring (bicyclic) bond motifs is 1. The Balaban J connectivity index is 1.39. The molecule has 5 rings (SSSR count). The van der Waals surface area contributed by atoms with E-state index in [1.165, 1.54) is 12.1 Å². The van der Waals surface area contributed by atoms with Crippen molar-refractivity contribution in [1.82, 2.24) is 15.5 Å². The zero-order valence-electron chi connectivity index (χ0n) is 20.1. The molecule has 1 aliphatic rings. The third-order valence-electron chi connectivity index (χ3n) is 6.33. The Labute approximate surface area is 212 Å². The van der Waals surface area contributed by atoms with Crippen molar-refractivity contribution in [2.45, 2.75) is 6.42 Å². The number of rotatable bonds is 8. The Hall–Kier alpha value is -4.05. The highest BCUT2D eigenvalue weighted by Crippen LogP contribution is 2.28. The SMILES string of the molecule is O=C(Nc1n[nH]c2ccc(Cc3cc(F)cc(F)c3)cc12)c1ccc(N2CCNCC2)cc1NCCF. The van der Waals surface area contributed by atoms with Gasteiger partial charge in [-0.15, -0.1) is 0 Å². The normalized spacial score (nSPS) is 13.6. The predicted octanol–water partition coefficient (Wildman–Crippen LogP) is 4.48. The summed E-state index contributed by atoms with van der Waals surface area (Å²) in [7, 11) is 0. The summed E-state index contributed by atoms with van der Waals surface area (Å²) in [6, 6.07) is 14.4. The molecule has 0 atom stereocenters. The molecule has 0 aliphatic carbocycles. The van der Waals surface area contributed by atoms with Crippen molar-refractivity contribution in [3.05, 3.63) is 82.9 Å². The van der Waals surface area contributed by atoms with Crippen LogP contribution < -0.4 is 20.9 Å². The smallest absolute Gasteiger partial charge is 0.258 e. The minimum absolute atomic E-state index is 0.0840. The molecule has 0 saturated carbocycles. The van der Waals surface area contributed by atoms with Crippen LogP contribution >= 0.6 is 0 Å². The van der Waals surface area contributed by atoms with Crippen molar-refractivity contribution in [1.29, 1.82) is 0 Å². The second kappa shape index (κ2) is 10.9. The molecule has 10 heteroatoms. The van der Waals surface area contributed by atoms with Gasteiger partial charge in [0.05, 0.1) is 11.1 Å². The van der Waals surface area contributed by atoms with E-state index in [0.29, 0.717) is 40.0 Å². The van der Waals surface area contributed by atoms with Gasteiger partial charge in [0.1, 0.15) is 18.3 Å². The average Bonchev–Trinajstić information content (AvgIpc) is 3.29. The van der Waals surface area contributed by atoms with Crippen LogP contribution in [0.15, 0.2) is 54.6 Å². The van der Waals surface area contributed by atoms with Crippen LogP contribution in [0.1, 0.15) is 21.5 Å². The first-order valence-corrected chi connectivity index (χ1v) is 12.1. The van der Waals surface area contributed by atoms with Crippen LogP contribution in [0.3, 0.4) is 0 Å². The van der Waals surface area contributed by atoms with Gasteiger partial charge in [-0.2, -0.15) is 5.10 Å². The number of carbonyl (C=O) groups excluding carboxylic acids is 1. The van der Waals surface area contributed by atoms with Crippen LogP contribution in [0, 0.1) is 11.6 Å². The summed E-state index contributed by atoms with van der Waals surface area (Å²) in [5.41, 5.74) is 3.88.